The molecule has 0 spiro atoms. The average molecular weight is 193 g/mol. The lowest BCUT2D eigenvalue weighted by Gasteiger charge is -2.37. The number of hydrogen-bond donors (Lipinski definition) is 3. The highest BCUT2D eigenvalue weighted by atomic mass is 15.1. The highest BCUT2D eigenvalue weighted by molar-refractivity contribution is 5.35. The number of rotatable bonds is 2. The van der Waals surface area contributed by atoms with E-state index >= 15 is 0 Å². The van der Waals surface area contributed by atoms with E-state index in [0.29, 0.717) is 6.04 Å². The van der Waals surface area contributed by atoms with Crippen molar-refractivity contribution in [1.82, 2.24) is 10.3 Å². The molecule has 0 saturated carbocycles. The van der Waals surface area contributed by atoms with Crippen LogP contribution in [0.1, 0.15) is 26.7 Å². The number of nitrogens with one attached hydrogen (secondary N) is 3. The zero-order chi connectivity index (χ0) is 10.0. The maximum atomic E-state index is 3.52. The quantitative estimate of drug-likeness (QED) is 0.672. The molecule has 0 amide bonds. The molecular formula is C11H19N3. The van der Waals surface area contributed by atoms with Crippen LogP contribution in [0.25, 0.3) is 0 Å². The summed E-state index contributed by atoms with van der Waals surface area (Å²) in [5.74, 6) is 1.13. The minimum absolute atomic E-state index is 0.266. The van der Waals surface area contributed by atoms with Crippen molar-refractivity contribution in [2.75, 3.05) is 11.9 Å². The molecule has 14 heavy (non-hydrogen) atoms. The van der Waals surface area contributed by atoms with Gasteiger partial charge in [-0.15, -0.1) is 0 Å². The largest absolute Gasteiger partial charge is 0.369 e. The molecule has 3 heteroatoms. The molecule has 1 aromatic rings. The van der Waals surface area contributed by atoms with Gasteiger partial charge in [0.05, 0.1) is 0 Å². The van der Waals surface area contributed by atoms with E-state index in [4.69, 9.17) is 0 Å². The van der Waals surface area contributed by atoms with Gasteiger partial charge in [-0.05, 0) is 45.4 Å². The maximum absolute atomic E-state index is 3.52. The van der Waals surface area contributed by atoms with Crippen LogP contribution in [0.15, 0.2) is 18.3 Å². The van der Waals surface area contributed by atoms with Gasteiger partial charge in [-0.25, -0.2) is 0 Å². The van der Waals surface area contributed by atoms with Crippen LogP contribution in [0, 0.1) is 0 Å². The number of aromatic amines is 1. The molecule has 1 aliphatic rings. The molecule has 0 bridgehead atoms. The first kappa shape index (κ1) is 9.59. The Kier molecular flexibility index (Phi) is 2.50. The van der Waals surface area contributed by atoms with E-state index in [1.165, 1.54) is 12.8 Å². The van der Waals surface area contributed by atoms with Gasteiger partial charge in [-0.3, -0.25) is 0 Å². The first-order chi connectivity index (χ1) is 6.66. The summed E-state index contributed by atoms with van der Waals surface area (Å²) in [5.41, 5.74) is 0.266. The molecular weight excluding hydrogens is 174 g/mol. The highest BCUT2D eigenvalue weighted by Gasteiger charge is 2.27. The summed E-state index contributed by atoms with van der Waals surface area (Å²) in [6.07, 6.45) is 4.32. The second-order valence-electron chi connectivity index (χ2n) is 4.73. The number of aromatic nitrogens is 1. The van der Waals surface area contributed by atoms with E-state index in [1.807, 2.05) is 12.3 Å². The number of H-pyrrole nitrogens is 1. The van der Waals surface area contributed by atoms with Crippen molar-refractivity contribution in [3.8, 4) is 0 Å². The second kappa shape index (κ2) is 3.65. The van der Waals surface area contributed by atoms with Crippen molar-refractivity contribution in [3.63, 3.8) is 0 Å². The topological polar surface area (TPSA) is 39.9 Å². The SMILES string of the molecule is CC1(C)CC(Nc2ccc[nH]2)CCN1. The van der Waals surface area contributed by atoms with Gasteiger partial charge >= 0.3 is 0 Å². The van der Waals surface area contributed by atoms with Crippen LogP contribution in [0.3, 0.4) is 0 Å². The van der Waals surface area contributed by atoms with Gasteiger partial charge in [0, 0.05) is 17.8 Å². The van der Waals surface area contributed by atoms with Gasteiger partial charge in [0.1, 0.15) is 5.82 Å². The number of piperidine rings is 1. The number of anilines is 1. The van der Waals surface area contributed by atoms with Crippen LogP contribution >= 0.6 is 0 Å². The minimum Gasteiger partial charge on any atom is -0.369 e. The fourth-order valence-electron chi connectivity index (χ4n) is 2.14. The lowest BCUT2D eigenvalue weighted by molar-refractivity contribution is 0.286. The normalized spacial score (nSPS) is 26.0. The summed E-state index contributed by atoms with van der Waals surface area (Å²) in [5, 5.41) is 7.04. The Morgan fingerprint density at radius 1 is 1.50 bits per heavy atom. The third-order valence-electron chi connectivity index (χ3n) is 2.81. The van der Waals surface area contributed by atoms with Gasteiger partial charge in [0.2, 0.25) is 0 Å². The fraction of sp³-hybridized carbons (Fsp3) is 0.636. The van der Waals surface area contributed by atoms with E-state index in [0.717, 1.165) is 12.4 Å². The maximum Gasteiger partial charge on any atom is 0.103 e. The van der Waals surface area contributed by atoms with Gasteiger partial charge in [-0.1, -0.05) is 0 Å². The standard InChI is InChI=1S/C11H19N3/c1-11(2)8-9(5-7-13-11)14-10-4-3-6-12-10/h3-4,6,9,12-14H,5,7-8H2,1-2H3. The molecule has 78 valence electrons. The molecule has 2 heterocycles. The third-order valence-corrected chi connectivity index (χ3v) is 2.81. The van der Waals surface area contributed by atoms with Crippen LogP contribution in [-0.4, -0.2) is 23.1 Å². The summed E-state index contributed by atoms with van der Waals surface area (Å²) < 4.78 is 0. The highest BCUT2D eigenvalue weighted by Crippen LogP contribution is 2.21. The predicted octanol–water partition coefficient (Wildman–Crippen LogP) is 1.96. The molecule has 0 aliphatic carbocycles. The van der Waals surface area contributed by atoms with Crippen molar-refractivity contribution in [2.24, 2.45) is 0 Å². The van der Waals surface area contributed by atoms with Gasteiger partial charge in [0.25, 0.3) is 0 Å². The second-order valence-corrected chi connectivity index (χ2v) is 4.73. The third kappa shape index (κ3) is 2.29. The summed E-state index contributed by atoms with van der Waals surface area (Å²) >= 11 is 0. The predicted molar refractivity (Wildman–Crippen MR) is 59.5 cm³/mol. The molecule has 1 atom stereocenters. The number of hydrogen-bond acceptors (Lipinski definition) is 2. The molecule has 2 rings (SSSR count). The Morgan fingerprint density at radius 2 is 2.36 bits per heavy atom. The van der Waals surface area contributed by atoms with Crippen LogP contribution in [-0.2, 0) is 0 Å². The van der Waals surface area contributed by atoms with Crippen molar-refractivity contribution < 1.29 is 0 Å². The molecule has 1 aliphatic heterocycles. The zero-order valence-corrected chi connectivity index (χ0v) is 8.93. The lowest BCUT2D eigenvalue weighted by atomic mass is 9.89. The lowest BCUT2D eigenvalue weighted by Crippen LogP contribution is -2.50. The Hall–Kier alpha value is -0.960. The van der Waals surface area contributed by atoms with Gasteiger partial charge < -0.3 is 15.6 Å². The van der Waals surface area contributed by atoms with Crippen molar-refractivity contribution >= 4 is 5.82 Å². The Bertz CT molecular complexity index is 277. The first-order valence-electron chi connectivity index (χ1n) is 5.31. The molecule has 1 fully saturated rings. The van der Waals surface area contributed by atoms with Gasteiger partial charge in [-0.2, -0.15) is 0 Å². The van der Waals surface area contributed by atoms with E-state index in [1.54, 1.807) is 0 Å². The molecule has 0 aromatic carbocycles. The van der Waals surface area contributed by atoms with E-state index in [9.17, 15) is 0 Å². The van der Waals surface area contributed by atoms with Crippen LogP contribution in [0.2, 0.25) is 0 Å². The van der Waals surface area contributed by atoms with E-state index in [2.05, 4.69) is 35.5 Å². The molecule has 1 saturated heterocycles. The monoisotopic (exact) mass is 193 g/mol. The Balaban J connectivity index is 1.92. The summed E-state index contributed by atoms with van der Waals surface area (Å²) in [7, 11) is 0. The van der Waals surface area contributed by atoms with Crippen LogP contribution in [0.4, 0.5) is 5.82 Å². The molecule has 1 aromatic heterocycles. The zero-order valence-electron chi connectivity index (χ0n) is 8.93. The first-order valence-corrected chi connectivity index (χ1v) is 5.31. The fourth-order valence-corrected chi connectivity index (χ4v) is 2.14. The average Bonchev–Trinajstić information content (AvgIpc) is 2.54. The Morgan fingerprint density at radius 3 is 3.00 bits per heavy atom. The molecule has 3 nitrogen and oxygen atoms in total. The van der Waals surface area contributed by atoms with Crippen molar-refractivity contribution in [2.45, 2.75) is 38.3 Å². The molecule has 1 unspecified atom stereocenters. The minimum atomic E-state index is 0.266. The van der Waals surface area contributed by atoms with Crippen LogP contribution < -0.4 is 10.6 Å². The molecule has 3 N–H and O–H groups in total. The summed E-state index contributed by atoms with van der Waals surface area (Å²) in [4.78, 5) is 3.18. The van der Waals surface area contributed by atoms with Gasteiger partial charge in [0.15, 0.2) is 0 Å². The van der Waals surface area contributed by atoms with Crippen molar-refractivity contribution in [3.05, 3.63) is 18.3 Å². The summed E-state index contributed by atoms with van der Waals surface area (Å²) in [6.45, 7) is 5.62. The van der Waals surface area contributed by atoms with E-state index in [-0.39, 0.29) is 5.54 Å². The Labute approximate surface area is 85.3 Å². The molecule has 0 radical (unpaired) electrons. The van der Waals surface area contributed by atoms with Crippen molar-refractivity contribution in [1.29, 1.82) is 0 Å². The van der Waals surface area contributed by atoms with Crippen LogP contribution in [0.5, 0.6) is 0 Å². The smallest absolute Gasteiger partial charge is 0.103 e. The summed E-state index contributed by atoms with van der Waals surface area (Å²) in [6, 6.07) is 4.69. The van der Waals surface area contributed by atoms with E-state index < -0.39 is 0 Å².